The van der Waals surface area contributed by atoms with Crippen LogP contribution in [0.5, 0.6) is 0 Å². The van der Waals surface area contributed by atoms with E-state index in [0.717, 1.165) is 6.54 Å². The number of hydrogen-bond donors (Lipinski definition) is 0. The monoisotopic (exact) mass is 263 g/mol. The summed E-state index contributed by atoms with van der Waals surface area (Å²) in [6.07, 6.45) is 0. The molecule has 1 aromatic carbocycles. The molecule has 0 bridgehead atoms. The lowest BCUT2D eigenvalue weighted by molar-refractivity contribution is -0.141. The van der Waals surface area contributed by atoms with Crippen molar-refractivity contribution in [1.82, 2.24) is 4.90 Å². The zero-order valence-corrected chi connectivity index (χ0v) is 12.9. The first-order valence-electron chi connectivity index (χ1n) is 6.59. The quantitative estimate of drug-likeness (QED) is 0.782. The van der Waals surface area contributed by atoms with Crippen molar-refractivity contribution in [3.05, 3.63) is 34.9 Å². The van der Waals surface area contributed by atoms with Gasteiger partial charge >= 0.3 is 5.97 Å². The molecular formula is C16H25NO2. The lowest BCUT2D eigenvalue weighted by atomic mass is 9.85. The van der Waals surface area contributed by atoms with Gasteiger partial charge in [0.2, 0.25) is 0 Å². The minimum absolute atomic E-state index is 0.168. The molecule has 0 atom stereocenters. The molecule has 0 aromatic heterocycles. The summed E-state index contributed by atoms with van der Waals surface area (Å²) in [5.41, 5.74) is 4.02. The van der Waals surface area contributed by atoms with Crippen LogP contribution in [0, 0.1) is 6.92 Å². The van der Waals surface area contributed by atoms with E-state index >= 15 is 0 Å². The Labute approximate surface area is 116 Å². The van der Waals surface area contributed by atoms with Crippen molar-refractivity contribution in [2.24, 2.45) is 0 Å². The first kappa shape index (κ1) is 15.7. The fourth-order valence-corrected chi connectivity index (χ4v) is 1.97. The number of ether oxygens (including phenoxy) is 1. The second-order valence-electron chi connectivity index (χ2n) is 6.14. The largest absolute Gasteiger partial charge is 0.468 e. The number of nitrogens with zero attached hydrogens (tertiary/aromatic N) is 1. The summed E-state index contributed by atoms with van der Waals surface area (Å²) in [5.74, 6) is -0.202. The molecule has 0 amide bonds. The van der Waals surface area contributed by atoms with E-state index in [1.165, 1.54) is 23.8 Å². The van der Waals surface area contributed by atoms with E-state index in [-0.39, 0.29) is 11.4 Å². The zero-order chi connectivity index (χ0) is 14.6. The van der Waals surface area contributed by atoms with Crippen LogP contribution in [-0.2, 0) is 21.5 Å². The Bertz CT molecular complexity index is 447. The maximum Gasteiger partial charge on any atom is 0.319 e. The smallest absolute Gasteiger partial charge is 0.319 e. The normalized spacial score (nSPS) is 11.7. The van der Waals surface area contributed by atoms with Gasteiger partial charge in [-0.2, -0.15) is 0 Å². The van der Waals surface area contributed by atoms with Crippen LogP contribution < -0.4 is 0 Å². The molecule has 0 saturated carbocycles. The van der Waals surface area contributed by atoms with Gasteiger partial charge < -0.3 is 4.74 Å². The molecule has 19 heavy (non-hydrogen) atoms. The Morgan fingerprint density at radius 1 is 1.32 bits per heavy atom. The van der Waals surface area contributed by atoms with E-state index in [1.54, 1.807) is 0 Å². The summed E-state index contributed by atoms with van der Waals surface area (Å²) < 4.78 is 4.67. The molecule has 0 aliphatic carbocycles. The number of likely N-dealkylation sites (N-methyl/N-ethyl adjacent to an activating group) is 1. The SMILES string of the molecule is COC(=O)CN(C)Cc1ccc(C(C)(C)C)cc1C. The molecule has 1 aromatic rings. The Hall–Kier alpha value is -1.35. The number of benzene rings is 1. The molecular weight excluding hydrogens is 238 g/mol. The van der Waals surface area contributed by atoms with Gasteiger partial charge in [0, 0.05) is 6.54 Å². The van der Waals surface area contributed by atoms with Crippen LogP contribution in [0.15, 0.2) is 18.2 Å². The number of esters is 1. The summed E-state index contributed by atoms with van der Waals surface area (Å²) in [6, 6.07) is 6.57. The van der Waals surface area contributed by atoms with Gasteiger partial charge in [0.05, 0.1) is 13.7 Å². The number of carbonyl (C=O) groups is 1. The summed E-state index contributed by atoms with van der Waals surface area (Å²) in [5, 5.41) is 0. The van der Waals surface area contributed by atoms with Gasteiger partial charge in [-0.1, -0.05) is 39.0 Å². The lowest BCUT2D eigenvalue weighted by Crippen LogP contribution is -2.26. The Balaban J connectivity index is 2.78. The molecule has 106 valence electrons. The highest BCUT2D eigenvalue weighted by molar-refractivity contribution is 5.71. The zero-order valence-electron chi connectivity index (χ0n) is 12.9. The van der Waals surface area contributed by atoms with Crippen LogP contribution >= 0.6 is 0 Å². The molecule has 0 spiro atoms. The van der Waals surface area contributed by atoms with Crippen LogP contribution in [0.2, 0.25) is 0 Å². The van der Waals surface area contributed by atoms with Crippen LogP contribution in [0.3, 0.4) is 0 Å². The average Bonchev–Trinajstić information content (AvgIpc) is 2.30. The average molecular weight is 263 g/mol. The lowest BCUT2D eigenvalue weighted by Gasteiger charge is -2.22. The maximum atomic E-state index is 11.2. The second-order valence-corrected chi connectivity index (χ2v) is 6.14. The van der Waals surface area contributed by atoms with Gasteiger partial charge in [-0.3, -0.25) is 9.69 Å². The highest BCUT2D eigenvalue weighted by Gasteiger charge is 2.15. The third kappa shape index (κ3) is 4.67. The van der Waals surface area contributed by atoms with Crippen LogP contribution in [0.25, 0.3) is 0 Å². The molecule has 1 rings (SSSR count). The first-order chi connectivity index (χ1) is 8.74. The van der Waals surface area contributed by atoms with Gasteiger partial charge in [0.1, 0.15) is 0 Å². The van der Waals surface area contributed by atoms with E-state index in [4.69, 9.17) is 0 Å². The van der Waals surface area contributed by atoms with Crippen molar-refractivity contribution >= 4 is 5.97 Å². The fraction of sp³-hybridized carbons (Fsp3) is 0.562. The molecule has 3 heteroatoms. The van der Waals surface area contributed by atoms with Crippen molar-refractivity contribution < 1.29 is 9.53 Å². The van der Waals surface area contributed by atoms with Gasteiger partial charge in [0.25, 0.3) is 0 Å². The number of methoxy groups -OCH3 is 1. The maximum absolute atomic E-state index is 11.2. The highest BCUT2D eigenvalue weighted by Crippen LogP contribution is 2.24. The predicted octanol–water partition coefficient (Wildman–Crippen LogP) is 2.90. The third-order valence-corrected chi connectivity index (χ3v) is 3.28. The minimum atomic E-state index is -0.202. The first-order valence-corrected chi connectivity index (χ1v) is 6.59. The van der Waals surface area contributed by atoms with E-state index in [2.05, 4.69) is 50.6 Å². The van der Waals surface area contributed by atoms with E-state index in [9.17, 15) is 4.79 Å². The predicted molar refractivity (Wildman–Crippen MR) is 78.2 cm³/mol. The van der Waals surface area contributed by atoms with Crippen molar-refractivity contribution in [1.29, 1.82) is 0 Å². The molecule has 0 N–H and O–H groups in total. The summed E-state index contributed by atoms with van der Waals surface area (Å²) in [4.78, 5) is 13.2. The highest BCUT2D eigenvalue weighted by atomic mass is 16.5. The van der Waals surface area contributed by atoms with E-state index in [0.29, 0.717) is 6.54 Å². The molecule has 0 heterocycles. The van der Waals surface area contributed by atoms with Gasteiger partial charge in [-0.05, 0) is 36.1 Å². The van der Waals surface area contributed by atoms with Crippen LogP contribution in [0.4, 0.5) is 0 Å². The fourth-order valence-electron chi connectivity index (χ4n) is 1.97. The number of carbonyl (C=O) groups excluding carboxylic acids is 1. The van der Waals surface area contributed by atoms with Gasteiger partial charge in [0.15, 0.2) is 0 Å². The molecule has 0 fully saturated rings. The Morgan fingerprint density at radius 3 is 2.42 bits per heavy atom. The minimum Gasteiger partial charge on any atom is -0.468 e. The van der Waals surface area contributed by atoms with Crippen molar-refractivity contribution in [3.8, 4) is 0 Å². The van der Waals surface area contributed by atoms with Crippen molar-refractivity contribution in [2.75, 3.05) is 20.7 Å². The Kier molecular flexibility index (Phi) is 5.12. The Morgan fingerprint density at radius 2 is 1.95 bits per heavy atom. The second kappa shape index (κ2) is 6.20. The summed E-state index contributed by atoms with van der Waals surface area (Å²) in [6.45, 7) is 9.83. The van der Waals surface area contributed by atoms with E-state index in [1.807, 2.05) is 11.9 Å². The van der Waals surface area contributed by atoms with Crippen molar-refractivity contribution in [2.45, 2.75) is 39.7 Å². The van der Waals surface area contributed by atoms with Crippen LogP contribution in [0.1, 0.15) is 37.5 Å². The third-order valence-electron chi connectivity index (χ3n) is 3.28. The van der Waals surface area contributed by atoms with Crippen molar-refractivity contribution in [3.63, 3.8) is 0 Å². The van der Waals surface area contributed by atoms with E-state index < -0.39 is 0 Å². The standard InChI is InChI=1S/C16H25NO2/c1-12-9-14(16(2,3)4)8-7-13(12)10-17(5)11-15(18)19-6/h7-9H,10-11H2,1-6H3. The molecule has 0 aliphatic heterocycles. The summed E-state index contributed by atoms with van der Waals surface area (Å²) >= 11 is 0. The number of hydrogen-bond acceptors (Lipinski definition) is 3. The summed E-state index contributed by atoms with van der Waals surface area (Å²) in [7, 11) is 3.34. The molecule has 0 radical (unpaired) electrons. The molecule has 3 nitrogen and oxygen atoms in total. The number of aryl methyl sites for hydroxylation is 1. The number of rotatable bonds is 4. The molecule has 0 aliphatic rings. The molecule has 0 saturated heterocycles. The molecule has 0 unspecified atom stereocenters. The topological polar surface area (TPSA) is 29.5 Å². The van der Waals surface area contributed by atoms with Gasteiger partial charge in [-0.15, -0.1) is 0 Å². The van der Waals surface area contributed by atoms with Crippen LogP contribution in [-0.4, -0.2) is 31.6 Å². The van der Waals surface area contributed by atoms with Gasteiger partial charge in [-0.25, -0.2) is 0 Å².